The van der Waals surface area contributed by atoms with Crippen LogP contribution in [0.2, 0.25) is 0 Å². The van der Waals surface area contributed by atoms with Crippen molar-refractivity contribution in [1.82, 2.24) is 19.1 Å². The zero-order chi connectivity index (χ0) is 14.4. The number of fused-ring (bicyclic) bond motifs is 1. The molecule has 108 valence electrons. The average molecular weight is 282 g/mol. The molecule has 0 unspecified atom stereocenters. The summed E-state index contributed by atoms with van der Waals surface area (Å²) < 4.78 is 7.89. The third-order valence-electron chi connectivity index (χ3n) is 3.53. The van der Waals surface area contributed by atoms with E-state index in [1.165, 1.54) is 17.9 Å². The molecular weight excluding hydrogens is 268 g/mol. The Bertz CT molecular complexity index is 760. The molecule has 0 aromatic carbocycles. The van der Waals surface area contributed by atoms with E-state index in [9.17, 15) is 14.7 Å². The Balaban J connectivity index is 2.11. The molecular formula is C11H14N4O5. The van der Waals surface area contributed by atoms with Gasteiger partial charge >= 0.3 is 5.69 Å². The average Bonchev–Trinajstić information content (AvgIpc) is 2.99. The van der Waals surface area contributed by atoms with E-state index in [0.29, 0.717) is 0 Å². The predicted molar refractivity (Wildman–Crippen MR) is 67.2 cm³/mol. The van der Waals surface area contributed by atoms with Crippen molar-refractivity contribution in [3.05, 3.63) is 27.2 Å². The fraction of sp³-hybridized carbons (Fsp3) is 0.545. The molecule has 2 aromatic rings. The molecule has 20 heavy (non-hydrogen) atoms. The largest absolute Gasteiger partial charge is 0.394 e. The van der Waals surface area contributed by atoms with Crippen LogP contribution in [0.3, 0.4) is 0 Å². The molecule has 2 aromatic heterocycles. The maximum absolute atomic E-state index is 11.9. The molecule has 0 bridgehead atoms. The van der Waals surface area contributed by atoms with Gasteiger partial charge in [0.2, 0.25) is 0 Å². The van der Waals surface area contributed by atoms with Crippen molar-refractivity contribution >= 4 is 11.2 Å². The highest BCUT2D eigenvalue weighted by Crippen LogP contribution is 2.29. The standard InChI is InChI=1S/C11H14N4O5/c1-14-10(18)8-9(13-11(14)19)15(4-12-8)7-2-5(17)6(3-16)20-7/h4-7,16-17H,2-3H2,1H3,(H,13,19)/t5-,6+,7+/m0/s1. The molecule has 3 N–H and O–H groups in total. The summed E-state index contributed by atoms with van der Waals surface area (Å²) in [7, 11) is 1.36. The van der Waals surface area contributed by atoms with E-state index >= 15 is 0 Å². The van der Waals surface area contributed by atoms with Crippen LogP contribution in [0.5, 0.6) is 0 Å². The topological polar surface area (TPSA) is 122 Å². The van der Waals surface area contributed by atoms with Crippen LogP contribution in [-0.2, 0) is 11.8 Å². The van der Waals surface area contributed by atoms with Crippen molar-refractivity contribution in [2.75, 3.05) is 6.61 Å². The molecule has 3 heterocycles. The minimum Gasteiger partial charge on any atom is -0.394 e. The second-order valence-electron chi connectivity index (χ2n) is 4.76. The van der Waals surface area contributed by atoms with Crippen molar-refractivity contribution in [3.8, 4) is 0 Å². The zero-order valence-electron chi connectivity index (χ0n) is 10.7. The molecule has 1 saturated heterocycles. The van der Waals surface area contributed by atoms with E-state index in [-0.39, 0.29) is 24.2 Å². The van der Waals surface area contributed by atoms with Gasteiger partial charge in [-0.2, -0.15) is 0 Å². The van der Waals surface area contributed by atoms with Crippen molar-refractivity contribution in [2.24, 2.45) is 7.05 Å². The smallest absolute Gasteiger partial charge is 0.329 e. The maximum atomic E-state index is 11.9. The summed E-state index contributed by atoms with van der Waals surface area (Å²) in [6.07, 6.45) is -0.459. The van der Waals surface area contributed by atoms with E-state index in [1.54, 1.807) is 0 Å². The molecule has 3 atom stereocenters. The van der Waals surface area contributed by atoms with Crippen LogP contribution in [0, 0.1) is 0 Å². The van der Waals surface area contributed by atoms with Crippen molar-refractivity contribution < 1.29 is 14.9 Å². The monoisotopic (exact) mass is 282 g/mol. The Morgan fingerprint density at radius 1 is 1.55 bits per heavy atom. The highest BCUT2D eigenvalue weighted by Gasteiger charge is 2.35. The fourth-order valence-corrected chi connectivity index (χ4v) is 2.35. The molecule has 0 amide bonds. The van der Waals surface area contributed by atoms with Crippen LogP contribution in [0.4, 0.5) is 0 Å². The number of aliphatic hydroxyl groups excluding tert-OH is 2. The lowest BCUT2D eigenvalue weighted by Crippen LogP contribution is -2.33. The van der Waals surface area contributed by atoms with E-state index in [0.717, 1.165) is 4.57 Å². The lowest BCUT2D eigenvalue weighted by atomic mass is 10.2. The van der Waals surface area contributed by atoms with Crippen LogP contribution < -0.4 is 11.2 Å². The van der Waals surface area contributed by atoms with Gasteiger partial charge in [-0.1, -0.05) is 0 Å². The summed E-state index contributed by atoms with van der Waals surface area (Å²) in [6.45, 7) is -0.303. The summed E-state index contributed by atoms with van der Waals surface area (Å²) in [4.78, 5) is 30.1. The zero-order valence-corrected chi connectivity index (χ0v) is 10.7. The first-order valence-corrected chi connectivity index (χ1v) is 6.13. The number of imidazole rings is 1. The number of rotatable bonds is 2. The predicted octanol–water partition coefficient (Wildman–Crippen LogP) is -1.94. The summed E-state index contributed by atoms with van der Waals surface area (Å²) >= 11 is 0. The Morgan fingerprint density at radius 3 is 2.95 bits per heavy atom. The van der Waals surface area contributed by atoms with E-state index in [2.05, 4.69) is 9.97 Å². The van der Waals surface area contributed by atoms with Gasteiger partial charge in [0.05, 0.1) is 19.0 Å². The van der Waals surface area contributed by atoms with Crippen molar-refractivity contribution in [2.45, 2.75) is 24.9 Å². The van der Waals surface area contributed by atoms with E-state index < -0.39 is 29.7 Å². The highest BCUT2D eigenvalue weighted by atomic mass is 16.5. The molecule has 0 saturated carbocycles. The lowest BCUT2D eigenvalue weighted by molar-refractivity contribution is -0.0432. The number of ether oxygens (including phenoxy) is 1. The van der Waals surface area contributed by atoms with Gasteiger partial charge in [0, 0.05) is 13.5 Å². The van der Waals surface area contributed by atoms with Gasteiger partial charge < -0.3 is 14.9 Å². The molecule has 1 fully saturated rings. The first-order valence-electron chi connectivity index (χ1n) is 6.13. The number of aliphatic hydroxyl groups is 2. The van der Waals surface area contributed by atoms with Gasteiger partial charge in [-0.25, -0.2) is 9.78 Å². The van der Waals surface area contributed by atoms with Crippen LogP contribution >= 0.6 is 0 Å². The molecule has 3 rings (SSSR count). The third kappa shape index (κ3) is 1.79. The van der Waals surface area contributed by atoms with Gasteiger partial charge in [0.1, 0.15) is 18.0 Å². The van der Waals surface area contributed by atoms with Crippen molar-refractivity contribution in [3.63, 3.8) is 0 Å². The third-order valence-corrected chi connectivity index (χ3v) is 3.53. The Morgan fingerprint density at radius 2 is 2.30 bits per heavy atom. The van der Waals surface area contributed by atoms with Crippen molar-refractivity contribution in [1.29, 1.82) is 0 Å². The van der Waals surface area contributed by atoms with Crippen LogP contribution in [0.15, 0.2) is 15.9 Å². The van der Waals surface area contributed by atoms with Crippen LogP contribution in [0.1, 0.15) is 12.6 Å². The number of H-pyrrole nitrogens is 1. The minimum absolute atomic E-state index is 0.123. The maximum Gasteiger partial charge on any atom is 0.329 e. The number of aromatic amines is 1. The van der Waals surface area contributed by atoms with E-state index in [4.69, 9.17) is 9.84 Å². The second kappa shape index (κ2) is 4.54. The minimum atomic E-state index is -0.805. The number of hydrogen-bond donors (Lipinski definition) is 3. The Kier molecular flexibility index (Phi) is 2.96. The second-order valence-corrected chi connectivity index (χ2v) is 4.76. The van der Waals surface area contributed by atoms with Gasteiger partial charge in [-0.15, -0.1) is 0 Å². The van der Waals surface area contributed by atoms with Crippen LogP contribution in [-0.4, -0.2) is 48.1 Å². The molecule has 0 spiro atoms. The van der Waals surface area contributed by atoms with Crippen LogP contribution in [0.25, 0.3) is 11.2 Å². The lowest BCUT2D eigenvalue weighted by Gasteiger charge is -2.13. The number of nitrogens with zero attached hydrogens (tertiary/aromatic N) is 3. The normalized spacial score (nSPS) is 26.4. The Labute approximate surface area is 112 Å². The van der Waals surface area contributed by atoms with Gasteiger partial charge in [-0.05, 0) is 0 Å². The number of nitrogens with one attached hydrogen (secondary N) is 1. The summed E-state index contributed by atoms with van der Waals surface area (Å²) in [5.41, 5.74) is -0.687. The first kappa shape index (κ1) is 13.0. The molecule has 0 radical (unpaired) electrons. The first-order chi connectivity index (χ1) is 9.52. The van der Waals surface area contributed by atoms with E-state index in [1.807, 2.05) is 0 Å². The SMILES string of the molecule is Cn1c(=O)[nH]c2c(ncn2[C@H]2C[C@H](O)[C@@H](CO)O2)c1=O. The highest BCUT2D eigenvalue weighted by molar-refractivity contribution is 5.69. The molecule has 9 nitrogen and oxygen atoms in total. The fourth-order valence-electron chi connectivity index (χ4n) is 2.35. The molecule has 9 heteroatoms. The summed E-state index contributed by atoms with van der Waals surface area (Å²) in [5, 5.41) is 18.8. The van der Waals surface area contributed by atoms with Gasteiger partial charge in [0.15, 0.2) is 5.52 Å². The number of aromatic nitrogens is 4. The summed E-state index contributed by atoms with van der Waals surface area (Å²) in [5.74, 6) is 0. The van der Waals surface area contributed by atoms with Gasteiger partial charge in [0.25, 0.3) is 5.56 Å². The molecule has 1 aliphatic heterocycles. The molecule has 0 aliphatic carbocycles. The number of hydrogen-bond acceptors (Lipinski definition) is 6. The quantitative estimate of drug-likeness (QED) is 0.589. The van der Waals surface area contributed by atoms with Gasteiger partial charge in [-0.3, -0.25) is 18.9 Å². The Hall–Kier alpha value is -1.97. The molecule has 1 aliphatic rings. The summed E-state index contributed by atoms with van der Waals surface area (Å²) in [6, 6.07) is 0.